The van der Waals surface area contributed by atoms with Crippen molar-refractivity contribution in [3.63, 3.8) is 0 Å². The summed E-state index contributed by atoms with van der Waals surface area (Å²) >= 11 is 17.0. The number of amides is 2. The first-order valence-electron chi connectivity index (χ1n) is 10.1. The normalized spacial score (nSPS) is 16.8. The van der Waals surface area contributed by atoms with E-state index >= 15 is 0 Å². The van der Waals surface area contributed by atoms with Gasteiger partial charge in [0, 0.05) is 25.9 Å². The Labute approximate surface area is 219 Å². The van der Waals surface area contributed by atoms with E-state index in [4.69, 9.17) is 23.2 Å². The van der Waals surface area contributed by atoms with Crippen LogP contribution < -0.4 is 10.2 Å². The molecule has 0 aromatic heterocycles. The van der Waals surface area contributed by atoms with E-state index in [1.54, 1.807) is 66.7 Å². The molecule has 3 aromatic rings. The molecule has 34 heavy (non-hydrogen) atoms. The summed E-state index contributed by atoms with van der Waals surface area (Å²) in [6, 6.07) is 23.0. The molecular weight excluding hydrogens is 557 g/mol. The lowest BCUT2D eigenvalue weighted by molar-refractivity contribution is -0.117. The molecule has 1 fully saturated rings. The molecule has 1 saturated heterocycles. The zero-order chi connectivity index (χ0) is 24.2. The second-order valence-corrected chi connectivity index (χ2v) is 10.3. The van der Waals surface area contributed by atoms with Gasteiger partial charge in [-0.2, -0.15) is 5.26 Å². The summed E-state index contributed by atoms with van der Waals surface area (Å²) in [4.78, 5) is 28.0. The molecule has 0 radical (unpaired) electrons. The fourth-order valence-corrected chi connectivity index (χ4v) is 5.37. The van der Waals surface area contributed by atoms with E-state index in [0.717, 1.165) is 4.47 Å². The van der Waals surface area contributed by atoms with Crippen molar-refractivity contribution in [3.8, 4) is 6.07 Å². The van der Waals surface area contributed by atoms with Crippen LogP contribution in [0, 0.1) is 11.3 Å². The molecule has 0 saturated carbocycles. The third-order valence-electron chi connectivity index (χ3n) is 5.04. The van der Waals surface area contributed by atoms with Crippen LogP contribution in [0.3, 0.4) is 0 Å². The van der Waals surface area contributed by atoms with Gasteiger partial charge in [-0.1, -0.05) is 69.1 Å². The van der Waals surface area contributed by atoms with Gasteiger partial charge in [0.1, 0.15) is 16.7 Å². The van der Waals surface area contributed by atoms with Gasteiger partial charge in [-0.3, -0.25) is 14.5 Å². The number of rotatable bonds is 5. The van der Waals surface area contributed by atoms with Gasteiger partial charge < -0.3 is 5.32 Å². The van der Waals surface area contributed by atoms with Gasteiger partial charge >= 0.3 is 0 Å². The van der Waals surface area contributed by atoms with E-state index in [1.807, 2.05) is 12.1 Å². The number of benzene rings is 3. The Morgan fingerprint density at radius 1 is 1.09 bits per heavy atom. The van der Waals surface area contributed by atoms with Crippen LogP contribution in [0.4, 0.5) is 11.4 Å². The summed E-state index contributed by atoms with van der Waals surface area (Å²) in [7, 11) is 0. The van der Waals surface area contributed by atoms with Crippen molar-refractivity contribution >= 4 is 74.1 Å². The van der Waals surface area contributed by atoms with Crippen molar-refractivity contribution in [2.45, 2.75) is 11.7 Å². The number of carbonyl (C=O) groups is 2. The largest absolute Gasteiger partial charge is 0.321 e. The fraction of sp³-hybridized carbons (Fsp3) is 0.0800. The van der Waals surface area contributed by atoms with E-state index < -0.39 is 11.2 Å². The highest BCUT2D eigenvalue weighted by molar-refractivity contribution is 9.10. The van der Waals surface area contributed by atoms with Gasteiger partial charge in [0.2, 0.25) is 5.91 Å². The van der Waals surface area contributed by atoms with Crippen molar-refractivity contribution < 1.29 is 9.59 Å². The molecule has 1 N–H and O–H groups in total. The van der Waals surface area contributed by atoms with E-state index in [0.29, 0.717) is 33.4 Å². The molecule has 4 rings (SSSR count). The average molecular weight is 573 g/mol. The monoisotopic (exact) mass is 571 g/mol. The van der Waals surface area contributed by atoms with Gasteiger partial charge in [-0.25, -0.2) is 0 Å². The minimum atomic E-state index is -0.595. The Kier molecular flexibility index (Phi) is 7.64. The van der Waals surface area contributed by atoms with Crippen LogP contribution in [0.1, 0.15) is 5.56 Å². The first-order valence-corrected chi connectivity index (χ1v) is 12.5. The molecule has 1 heterocycles. The summed E-state index contributed by atoms with van der Waals surface area (Å²) in [5, 5.41) is 13.3. The zero-order valence-corrected chi connectivity index (χ0v) is 21.4. The van der Waals surface area contributed by atoms with E-state index in [-0.39, 0.29) is 16.5 Å². The van der Waals surface area contributed by atoms with E-state index in [9.17, 15) is 14.9 Å². The molecular formula is C25H16BrCl2N3O2S. The molecule has 9 heteroatoms. The SMILES string of the molecule is N#C/C(C(=O)Nc1ccc(Br)cc1)=C1/SC(Cc2cc(Cl)ccc2Cl)C(=O)N1c1ccccc1. The number of carbonyl (C=O) groups excluding carboxylic acids is 2. The van der Waals surface area contributed by atoms with Gasteiger partial charge in [0.15, 0.2) is 0 Å². The van der Waals surface area contributed by atoms with Crippen molar-refractivity contribution in [1.29, 1.82) is 5.26 Å². The first-order chi connectivity index (χ1) is 16.4. The number of anilines is 2. The highest BCUT2D eigenvalue weighted by atomic mass is 79.9. The van der Waals surface area contributed by atoms with Crippen LogP contribution in [0.25, 0.3) is 0 Å². The van der Waals surface area contributed by atoms with Crippen LogP contribution in [-0.2, 0) is 16.0 Å². The smallest absolute Gasteiger partial charge is 0.269 e. The van der Waals surface area contributed by atoms with E-state index in [2.05, 4.69) is 21.2 Å². The molecule has 5 nitrogen and oxygen atoms in total. The summed E-state index contributed by atoms with van der Waals surface area (Å²) in [5.74, 6) is -0.839. The summed E-state index contributed by atoms with van der Waals surface area (Å²) in [5.41, 5.74) is 1.67. The van der Waals surface area contributed by atoms with Gasteiger partial charge in [0.25, 0.3) is 5.91 Å². The first kappa shape index (κ1) is 24.4. The summed E-state index contributed by atoms with van der Waals surface area (Å²) < 4.78 is 0.860. The van der Waals surface area contributed by atoms with Crippen molar-refractivity contribution in [1.82, 2.24) is 0 Å². The molecule has 1 atom stereocenters. The summed E-state index contributed by atoms with van der Waals surface area (Å²) in [6.07, 6.45) is 0.294. The maximum atomic E-state index is 13.5. The maximum absolute atomic E-state index is 13.5. The Morgan fingerprint density at radius 2 is 1.79 bits per heavy atom. The summed E-state index contributed by atoms with van der Waals surface area (Å²) in [6.45, 7) is 0. The minimum absolute atomic E-state index is 0.148. The Balaban J connectivity index is 1.72. The third kappa shape index (κ3) is 5.31. The van der Waals surface area contributed by atoms with Crippen molar-refractivity contribution in [3.05, 3.63) is 103 Å². The third-order valence-corrected chi connectivity index (χ3v) is 7.43. The Bertz CT molecular complexity index is 1320. The number of hydrogen-bond acceptors (Lipinski definition) is 4. The number of para-hydroxylation sites is 1. The molecule has 3 aromatic carbocycles. The number of hydrogen-bond donors (Lipinski definition) is 1. The lowest BCUT2D eigenvalue weighted by Gasteiger charge is -2.18. The zero-order valence-electron chi connectivity index (χ0n) is 17.5. The van der Waals surface area contributed by atoms with E-state index in [1.165, 1.54) is 16.7 Å². The minimum Gasteiger partial charge on any atom is -0.321 e. The molecule has 0 spiro atoms. The standard InChI is InChI=1S/C25H16BrCl2N3O2S/c26-16-6-9-18(10-7-16)30-23(32)20(14-29)25-31(19-4-2-1-3-5-19)24(33)22(34-25)13-15-12-17(27)8-11-21(15)28/h1-12,22H,13H2,(H,30,32)/b25-20-. The van der Waals surface area contributed by atoms with Crippen molar-refractivity contribution in [2.24, 2.45) is 0 Å². The van der Waals surface area contributed by atoms with Crippen LogP contribution in [-0.4, -0.2) is 17.1 Å². The maximum Gasteiger partial charge on any atom is 0.269 e. The lowest BCUT2D eigenvalue weighted by Crippen LogP contribution is -2.30. The van der Waals surface area contributed by atoms with Gasteiger partial charge in [0.05, 0.1) is 5.25 Å². The van der Waals surface area contributed by atoms with Gasteiger partial charge in [-0.05, 0) is 66.6 Å². The molecule has 0 bridgehead atoms. The number of nitriles is 1. The molecule has 2 amide bonds. The van der Waals surface area contributed by atoms with Gasteiger partial charge in [-0.15, -0.1) is 0 Å². The lowest BCUT2D eigenvalue weighted by atomic mass is 10.1. The number of thioether (sulfide) groups is 1. The molecule has 170 valence electrons. The molecule has 1 unspecified atom stereocenters. The topological polar surface area (TPSA) is 73.2 Å². The number of nitrogens with zero attached hydrogens (tertiary/aromatic N) is 2. The second kappa shape index (κ2) is 10.7. The number of nitrogens with one attached hydrogen (secondary N) is 1. The van der Waals surface area contributed by atoms with Crippen LogP contribution in [0.2, 0.25) is 10.0 Å². The predicted molar refractivity (Wildman–Crippen MR) is 141 cm³/mol. The van der Waals surface area contributed by atoms with Crippen molar-refractivity contribution in [2.75, 3.05) is 10.2 Å². The second-order valence-electron chi connectivity index (χ2n) is 7.31. The quantitative estimate of drug-likeness (QED) is 0.269. The Hall–Kier alpha value is -2.76. The highest BCUT2D eigenvalue weighted by Gasteiger charge is 2.41. The predicted octanol–water partition coefficient (Wildman–Crippen LogP) is 6.82. The van der Waals surface area contributed by atoms with Crippen LogP contribution in [0.15, 0.2) is 87.9 Å². The molecule has 1 aliphatic heterocycles. The molecule has 0 aliphatic carbocycles. The Morgan fingerprint density at radius 3 is 2.47 bits per heavy atom. The van der Waals surface area contributed by atoms with Crippen LogP contribution >= 0.6 is 50.9 Å². The average Bonchev–Trinajstić information content (AvgIpc) is 3.14. The molecule has 1 aliphatic rings. The highest BCUT2D eigenvalue weighted by Crippen LogP contribution is 2.42. The fourth-order valence-electron chi connectivity index (χ4n) is 3.43. The van der Waals surface area contributed by atoms with Crippen LogP contribution in [0.5, 0.6) is 0 Å². The number of halogens is 3.